The molecule has 8 heteroatoms. The first-order chi connectivity index (χ1) is 14.3. The number of allylic oxidation sites excluding steroid dienone is 1. The summed E-state index contributed by atoms with van der Waals surface area (Å²) in [5.41, 5.74) is 2.45. The van der Waals surface area contributed by atoms with Crippen molar-refractivity contribution in [1.29, 1.82) is 0 Å². The SMILES string of the molecule is COCCCOc1cc2c([n+]([O-])c1Cl)C1=CCC(C(=O)O)=CN1[C@H]1[C@@H]2CCC1(C)C. The highest BCUT2D eigenvalue weighted by atomic mass is 35.5. The van der Waals surface area contributed by atoms with Gasteiger partial charge in [-0.05, 0) is 42.0 Å². The van der Waals surface area contributed by atoms with Gasteiger partial charge < -0.3 is 24.7 Å². The van der Waals surface area contributed by atoms with Gasteiger partial charge in [0.25, 0.3) is 0 Å². The van der Waals surface area contributed by atoms with Gasteiger partial charge in [-0.15, -0.1) is 4.73 Å². The number of halogens is 1. The molecule has 0 unspecified atom stereocenters. The molecule has 1 aromatic heterocycles. The monoisotopic (exact) mass is 434 g/mol. The zero-order valence-corrected chi connectivity index (χ0v) is 18.2. The molecule has 3 aliphatic rings. The molecule has 1 aliphatic carbocycles. The van der Waals surface area contributed by atoms with Crippen LogP contribution in [0.4, 0.5) is 0 Å². The number of methoxy groups -OCH3 is 1. The normalized spacial score (nSPS) is 23.8. The van der Waals surface area contributed by atoms with Crippen molar-refractivity contribution in [2.75, 3.05) is 20.3 Å². The summed E-state index contributed by atoms with van der Waals surface area (Å²) < 4.78 is 11.6. The Bertz CT molecular complexity index is 940. The minimum Gasteiger partial charge on any atom is -0.617 e. The zero-order valence-electron chi connectivity index (χ0n) is 17.5. The van der Waals surface area contributed by atoms with E-state index in [0.717, 1.165) is 28.8 Å². The van der Waals surface area contributed by atoms with E-state index in [1.165, 1.54) is 0 Å². The fraction of sp³-hybridized carbons (Fsp3) is 0.545. The minimum absolute atomic E-state index is 0.00395. The number of rotatable bonds is 6. The summed E-state index contributed by atoms with van der Waals surface area (Å²) in [6, 6.07) is 1.97. The smallest absolute Gasteiger partial charge is 0.333 e. The summed E-state index contributed by atoms with van der Waals surface area (Å²) in [5, 5.41) is 22.7. The van der Waals surface area contributed by atoms with E-state index in [1.807, 2.05) is 17.0 Å². The van der Waals surface area contributed by atoms with Crippen molar-refractivity contribution in [3.63, 3.8) is 0 Å². The maximum atomic E-state index is 13.2. The van der Waals surface area contributed by atoms with E-state index in [9.17, 15) is 15.1 Å². The van der Waals surface area contributed by atoms with Crippen molar-refractivity contribution in [3.05, 3.63) is 45.5 Å². The van der Waals surface area contributed by atoms with Crippen LogP contribution < -0.4 is 9.47 Å². The number of hydrogen-bond acceptors (Lipinski definition) is 5. The molecule has 0 amide bonds. The first kappa shape index (κ1) is 21.0. The third-order valence-electron chi connectivity index (χ3n) is 6.48. The Morgan fingerprint density at radius 1 is 1.43 bits per heavy atom. The van der Waals surface area contributed by atoms with E-state index in [1.54, 1.807) is 13.3 Å². The number of carboxylic acids is 1. The predicted octanol–water partition coefficient (Wildman–Crippen LogP) is 3.69. The van der Waals surface area contributed by atoms with Crippen LogP contribution in [0.1, 0.15) is 56.7 Å². The maximum Gasteiger partial charge on any atom is 0.333 e. The number of pyridine rings is 1. The molecular weight excluding hydrogens is 408 g/mol. The Morgan fingerprint density at radius 2 is 2.20 bits per heavy atom. The number of ether oxygens (including phenoxy) is 2. The third kappa shape index (κ3) is 3.34. The van der Waals surface area contributed by atoms with Crippen LogP contribution in [-0.4, -0.2) is 42.3 Å². The molecule has 1 N–H and O–H groups in total. The van der Waals surface area contributed by atoms with E-state index >= 15 is 0 Å². The van der Waals surface area contributed by atoms with Gasteiger partial charge in [0.2, 0.25) is 11.4 Å². The lowest BCUT2D eigenvalue weighted by atomic mass is 9.77. The molecule has 162 valence electrons. The Kier molecular flexibility index (Phi) is 5.45. The van der Waals surface area contributed by atoms with E-state index in [2.05, 4.69) is 13.8 Å². The number of aromatic nitrogens is 1. The quantitative estimate of drug-likeness (QED) is 0.318. The van der Waals surface area contributed by atoms with Gasteiger partial charge in [0.15, 0.2) is 0 Å². The molecule has 2 aliphatic heterocycles. The van der Waals surface area contributed by atoms with E-state index in [4.69, 9.17) is 21.1 Å². The molecular formula is C22H27ClN2O5. The summed E-state index contributed by atoms with van der Waals surface area (Å²) in [5.74, 6) is -0.455. The summed E-state index contributed by atoms with van der Waals surface area (Å²) in [6.45, 7) is 5.38. The second-order valence-electron chi connectivity index (χ2n) is 8.83. The van der Waals surface area contributed by atoms with Crippen LogP contribution in [0.2, 0.25) is 5.15 Å². The highest BCUT2D eigenvalue weighted by molar-refractivity contribution is 6.30. The molecule has 2 atom stereocenters. The summed E-state index contributed by atoms with van der Waals surface area (Å²) in [4.78, 5) is 13.6. The fourth-order valence-corrected chi connectivity index (χ4v) is 5.27. The number of carboxylic acid groups (broad SMARTS) is 1. The largest absolute Gasteiger partial charge is 0.617 e. The molecule has 0 bridgehead atoms. The van der Waals surface area contributed by atoms with Crippen LogP contribution in [0.3, 0.4) is 0 Å². The number of fused-ring (bicyclic) bond motifs is 6. The summed E-state index contributed by atoms with van der Waals surface area (Å²) >= 11 is 6.39. The Balaban J connectivity index is 1.81. The van der Waals surface area contributed by atoms with Crippen LogP contribution in [0.25, 0.3) is 5.70 Å². The molecule has 4 rings (SSSR count). The van der Waals surface area contributed by atoms with E-state index < -0.39 is 5.97 Å². The van der Waals surface area contributed by atoms with Crippen molar-refractivity contribution in [2.24, 2.45) is 5.41 Å². The Labute approximate surface area is 181 Å². The lowest BCUT2D eigenvalue weighted by Crippen LogP contribution is -2.49. The van der Waals surface area contributed by atoms with Crippen LogP contribution >= 0.6 is 11.6 Å². The van der Waals surface area contributed by atoms with Crippen molar-refractivity contribution >= 4 is 23.3 Å². The molecule has 0 spiro atoms. The van der Waals surface area contributed by atoms with Crippen molar-refractivity contribution in [3.8, 4) is 5.75 Å². The molecule has 0 radical (unpaired) electrons. The van der Waals surface area contributed by atoms with Gasteiger partial charge in [-0.2, -0.15) is 0 Å². The molecule has 7 nitrogen and oxygen atoms in total. The van der Waals surface area contributed by atoms with Crippen LogP contribution in [0.15, 0.2) is 23.9 Å². The molecule has 1 aromatic rings. The van der Waals surface area contributed by atoms with Gasteiger partial charge in [-0.3, -0.25) is 0 Å². The first-order valence-corrected chi connectivity index (χ1v) is 10.6. The van der Waals surface area contributed by atoms with Gasteiger partial charge in [0.1, 0.15) is 5.70 Å². The van der Waals surface area contributed by atoms with Crippen molar-refractivity contribution < 1.29 is 24.1 Å². The zero-order chi connectivity index (χ0) is 21.6. The molecule has 3 heterocycles. The van der Waals surface area contributed by atoms with Gasteiger partial charge in [0, 0.05) is 50.3 Å². The highest BCUT2D eigenvalue weighted by Gasteiger charge is 2.53. The fourth-order valence-electron chi connectivity index (χ4n) is 5.07. The maximum absolute atomic E-state index is 13.2. The second-order valence-corrected chi connectivity index (χ2v) is 9.19. The van der Waals surface area contributed by atoms with Crippen molar-refractivity contribution in [1.82, 2.24) is 4.90 Å². The standard InChI is InChI=1S/C22H27ClN2O5/c1-22(2)8-7-14-15-11-17(30-10-4-9-29-3)20(23)25(28)18(15)16-6-5-13(21(26)27)12-24(16)19(14)22/h6,11-12,14,19H,4-5,7-10H2,1-3H3,(H,26,27)/t14-,19+/m1/s1. The molecule has 0 aromatic carbocycles. The van der Waals surface area contributed by atoms with Gasteiger partial charge in [0.05, 0.1) is 12.2 Å². The lowest BCUT2D eigenvalue weighted by Gasteiger charge is -2.45. The Morgan fingerprint density at radius 3 is 2.90 bits per heavy atom. The summed E-state index contributed by atoms with van der Waals surface area (Å²) in [7, 11) is 1.63. The summed E-state index contributed by atoms with van der Waals surface area (Å²) in [6.07, 6.45) is 6.39. The van der Waals surface area contributed by atoms with Gasteiger partial charge in [-0.1, -0.05) is 13.8 Å². The van der Waals surface area contributed by atoms with Gasteiger partial charge in [-0.25, -0.2) is 4.79 Å². The number of nitrogens with zero attached hydrogens (tertiary/aromatic N) is 2. The number of carbonyl (C=O) groups is 1. The molecule has 1 saturated carbocycles. The van der Waals surface area contributed by atoms with Crippen LogP contribution in [0, 0.1) is 10.6 Å². The van der Waals surface area contributed by atoms with E-state index in [0.29, 0.717) is 36.7 Å². The topological polar surface area (TPSA) is 85.9 Å². The second kappa shape index (κ2) is 7.78. The van der Waals surface area contributed by atoms with Crippen molar-refractivity contribution in [2.45, 2.75) is 51.5 Å². The lowest BCUT2D eigenvalue weighted by molar-refractivity contribution is -0.607. The first-order valence-electron chi connectivity index (χ1n) is 10.3. The highest BCUT2D eigenvalue weighted by Crippen LogP contribution is 2.56. The average molecular weight is 435 g/mol. The van der Waals surface area contributed by atoms with E-state index in [-0.39, 0.29) is 28.9 Å². The molecule has 0 saturated heterocycles. The average Bonchev–Trinajstić information content (AvgIpc) is 3.03. The van der Waals surface area contributed by atoms with Gasteiger partial charge >= 0.3 is 11.1 Å². The van der Waals surface area contributed by atoms with Crippen LogP contribution in [0.5, 0.6) is 5.75 Å². The predicted molar refractivity (Wildman–Crippen MR) is 112 cm³/mol. The van der Waals surface area contributed by atoms with Crippen LogP contribution in [-0.2, 0) is 9.53 Å². The Hall–Kier alpha value is -2.25. The number of aliphatic carboxylic acids is 1. The third-order valence-corrected chi connectivity index (χ3v) is 6.82. The number of hydrogen-bond donors (Lipinski definition) is 1. The minimum atomic E-state index is -0.934. The molecule has 30 heavy (non-hydrogen) atoms. The molecule has 1 fully saturated rings.